The van der Waals surface area contributed by atoms with Crippen LogP contribution in [0.25, 0.3) is 0 Å². The van der Waals surface area contributed by atoms with Crippen molar-refractivity contribution >= 4 is 23.2 Å². The van der Waals surface area contributed by atoms with Crippen LogP contribution in [0.5, 0.6) is 0 Å². The lowest BCUT2D eigenvalue weighted by Crippen LogP contribution is -2.43. The molecule has 5 nitrogen and oxygen atoms in total. The molecule has 0 spiro atoms. The van der Waals surface area contributed by atoms with Crippen molar-refractivity contribution in [2.24, 2.45) is 0 Å². The molecule has 0 saturated carbocycles. The highest BCUT2D eigenvalue weighted by molar-refractivity contribution is 7.08. The summed E-state index contributed by atoms with van der Waals surface area (Å²) in [7, 11) is 0. The zero-order valence-corrected chi connectivity index (χ0v) is 11.5. The lowest BCUT2D eigenvalue weighted by atomic mass is 10.1. The second-order valence-electron chi connectivity index (χ2n) is 4.65. The first-order chi connectivity index (χ1) is 9.16. The first-order valence-corrected chi connectivity index (χ1v) is 7.37. The molecule has 2 rings (SSSR count). The fourth-order valence-electron chi connectivity index (χ4n) is 2.12. The Morgan fingerprint density at radius 3 is 3.05 bits per heavy atom. The van der Waals surface area contributed by atoms with E-state index in [1.807, 2.05) is 5.38 Å². The van der Waals surface area contributed by atoms with E-state index in [4.69, 9.17) is 0 Å². The Balaban J connectivity index is 1.70. The molecule has 1 aromatic rings. The summed E-state index contributed by atoms with van der Waals surface area (Å²) in [5, 5.41) is 15.8. The maximum Gasteiger partial charge on any atom is 0.252 e. The van der Waals surface area contributed by atoms with E-state index in [9.17, 15) is 14.7 Å². The number of β-amino-alcohol motifs (C(OH)–C–C–N with tert-alkyl or cyclic N) is 1. The van der Waals surface area contributed by atoms with E-state index in [1.54, 1.807) is 16.3 Å². The van der Waals surface area contributed by atoms with Crippen LogP contribution in [0, 0.1) is 0 Å². The molecule has 0 radical (unpaired) electrons. The van der Waals surface area contributed by atoms with E-state index in [2.05, 4.69) is 5.32 Å². The molecule has 1 aliphatic heterocycles. The summed E-state index contributed by atoms with van der Waals surface area (Å²) in [4.78, 5) is 25.2. The number of carbonyl (C=O) groups is 2. The highest BCUT2D eigenvalue weighted by Gasteiger charge is 2.21. The van der Waals surface area contributed by atoms with Gasteiger partial charge in [-0.25, -0.2) is 0 Å². The third-order valence-corrected chi connectivity index (χ3v) is 3.84. The van der Waals surface area contributed by atoms with Crippen molar-refractivity contribution in [3.05, 3.63) is 22.4 Å². The molecule has 0 unspecified atom stereocenters. The third-order valence-electron chi connectivity index (χ3n) is 3.16. The SMILES string of the molecule is O=C(NCCC(=O)N1CCC[C@H](O)C1)c1ccsc1. The molecule has 0 aromatic carbocycles. The molecule has 1 aliphatic rings. The van der Waals surface area contributed by atoms with Gasteiger partial charge in [-0.15, -0.1) is 0 Å². The van der Waals surface area contributed by atoms with Crippen molar-refractivity contribution in [1.29, 1.82) is 0 Å². The Labute approximate surface area is 116 Å². The molecule has 6 heteroatoms. The lowest BCUT2D eigenvalue weighted by Gasteiger charge is -2.30. The summed E-state index contributed by atoms with van der Waals surface area (Å²) in [5.74, 6) is -0.155. The van der Waals surface area contributed by atoms with Crippen LogP contribution in [0.3, 0.4) is 0 Å². The van der Waals surface area contributed by atoms with Crippen LogP contribution in [-0.4, -0.2) is 47.6 Å². The molecule has 1 aromatic heterocycles. The van der Waals surface area contributed by atoms with Crippen molar-refractivity contribution < 1.29 is 14.7 Å². The Morgan fingerprint density at radius 2 is 2.37 bits per heavy atom. The van der Waals surface area contributed by atoms with Gasteiger partial charge in [0.25, 0.3) is 5.91 Å². The van der Waals surface area contributed by atoms with Crippen molar-refractivity contribution in [3.8, 4) is 0 Å². The Morgan fingerprint density at radius 1 is 1.53 bits per heavy atom. The quantitative estimate of drug-likeness (QED) is 0.860. The second-order valence-corrected chi connectivity index (χ2v) is 5.43. The monoisotopic (exact) mass is 282 g/mol. The molecule has 1 atom stereocenters. The van der Waals surface area contributed by atoms with Gasteiger partial charge in [0, 0.05) is 37.0 Å². The van der Waals surface area contributed by atoms with Gasteiger partial charge in [-0.3, -0.25) is 9.59 Å². The van der Waals surface area contributed by atoms with Crippen molar-refractivity contribution in [3.63, 3.8) is 0 Å². The molecule has 1 saturated heterocycles. The summed E-state index contributed by atoms with van der Waals surface area (Å²) < 4.78 is 0. The minimum atomic E-state index is -0.405. The highest BCUT2D eigenvalue weighted by atomic mass is 32.1. The molecular formula is C13H18N2O3S. The van der Waals surface area contributed by atoms with E-state index in [0.717, 1.165) is 12.8 Å². The largest absolute Gasteiger partial charge is 0.391 e. The van der Waals surface area contributed by atoms with Gasteiger partial charge in [0.1, 0.15) is 0 Å². The second kappa shape index (κ2) is 6.68. The van der Waals surface area contributed by atoms with Gasteiger partial charge < -0.3 is 15.3 Å². The average molecular weight is 282 g/mol. The van der Waals surface area contributed by atoms with E-state index in [0.29, 0.717) is 25.2 Å². The van der Waals surface area contributed by atoms with Crippen LogP contribution in [0.15, 0.2) is 16.8 Å². The van der Waals surface area contributed by atoms with Gasteiger partial charge in [0.15, 0.2) is 0 Å². The standard InChI is InChI=1S/C13H18N2O3S/c16-11-2-1-6-15(8-11)12(17)3-5-14-13(18)10-4-7-19-9-10/h4,7,9,11,16H,1-3,5-6,8H2,(H,14,18)/t11-/m0/s1. The fourth-order valence-corrected chi connectivity index (χ4v) is 2.75. The molecule has 19 heavy (non-hydrogen) atoms. The average Bonchev–Trinajstić information content (AvgIpc) is 2.92. The smallest absolute Gasteiger partial charge is 0.252 e. The van der Waals surface area contributed by atoms with Crippen LogP contribution >= 0.6 is 11.3 Å². The molecule has 1 fully saturated rings. The maximum absolute atomic E-state index is 11.9. The number of thiophene rings is 1. The maximum atomic E-state index is 11.9. The topological polar surface area (TPSA) is 69.6 Å². The number of hydrogen-bond acceptors (Lipinski definition) is 4. The number of amides is 2. The van der Waals surface area contributed by atoms with Crippen molar-refractivity contribution in [1.82, 2.24) is 10.2 Å². The third kappa shape index (κ3) is 4.04. The van der Waals surface area contributed by atoms with Gasteiger partial charge in [-0.1, -0.05) is 0 Å². The summed E-state index contributed by atoms with van der Waals surface area (Å²) in [5.41, 5.74) is 0.630. The molecule has 2 amide bonds. The number of aliphatic hydroxyl groups excluding tert-OH is 1. The molecule has 0 aliphatic carbocycles. The predicted octanol–water partition coefficient (Wildman–Crippen LogP) is 0.851. The van der Waals surface area contributed by atoms with Gasteiger partial charge in [0.2, 0.25) is 5.91 Å². The van der Waals surface area contributed by atoms with Crippen LogP contribution in [0.2, 0.25) is 0 Å². The lowest BCUT2D eigenvalue weighted by molar-refractivity contribution is -0.134. The zero-order chi connectivity index (χ0) is 13.7. The number of rotatable bonds is 4. The summed E-state index contributed by atoms with van der Waals surface area (Å²) in [6, 6.07) is 1.75. The highest BCUT2D eigenvalue weighted by Crippen LogP contribution is 2.10. The van der Waals surface area contributed by atoms with Crippen LogP contribution in [0.1, 0.15) is 29.6 Å². The number of carbonyl (C=O) groups excluding carboxylic acids is 2. The van der Waals surface area contributed by atoms with Gasteiger partial charge >= 0.3 is 0 Å². The normalized spacial score (nSPS) is 19.2. The van der Waals surface area contributed by atoms with Gasteiger partial charge in [-0.2, -0.15) is 11.3 Å². The summed E-state index contributed by atoms with van der Waals surface area (Å²) in [6.45, 7) is 1.45. The first-order valence-electron chi connectivity index (χ1n) is 6.43. The number of piperidine rings is 1. The number of hydrogen-bond donors (Lipinski definition) is 2. The molecular weight excluding hydrogens is 264 g/mol. The van der Waals surface area contributed by atoms with Crippen LogP contribution in [0.4, 0.5) is 0 Å². The Kier molecular flexibility index (Phi) is 4.93. The summed E-state index contributed by atoms with van der Waals surface area (Å²) in [6.07, 6.45) is 1.48. The number of likely N-dealkylation sites (tertiary alicyclic amines) is 1. The molecule has 2 N–H and O–H groups in total. The summed E-state index contributed by atoms with van der Waals surface area (Å²) >= 11 is 1.47. The molecule has 2 heterocycles. The first kappa shape index (κ1) is 14.0. The Hall–Kier alpha value is -1.40. The number of aliphatic hydroxyl groups is 1. The Bertz CT molecular complexity index is 433. The number of nitrogens with zero attached hydrogens (tertiary/aromatic N) is 1. The molecule has 0 bridgehead atoms. The molecule has 104 valence electrons. The van der Waals surface area contributed by atoms with E-state index in [-0.39, 0.29) is 18.2 Å². The minimum absolute atomic E-state index is 0.00984. The van der Waals surface area contributed by atoms with E-state index >= 15 is 0 Å². The van der Waals surface area contributed by atoms with Crippen LogP contribution < -0.4 is 5.32 Å². The number of nitrogens with one attached hydrogen (secondary N) is 1. The minimum Gasteiger partial charge on any atom is -0.391 e. The predicted molar refractivity (Wildman–Crippen MR) is 73.1 cm³/mol. The fraction of sp³-hybridized carbons (Fsp3) is 0.538. The van der Waals surface area contributed by atoms with E-state index in [1.165, 1.54) is 11.3 Å². The zero-order valence-electron chi connectivity index (χ0n) is 10.7. The van der Waals surface area contributed by atoms with Crippen molar-refractivity contribution in [2.45, 2.75) is 25.4 Å². The van der Waals surface area contributed by atoms with Gasteiger partial charge in [0.05, 0.1) is 6.10 Å². The van der Waals surface area contributed by atoms with Crippen LogP contribution in [-0.2, 0) is 4.79 Å². The van der Waals surface area contributed by atoms with Crippen molar-refractivity contribution in [2.75, 3.05) is 19.6 Å². The van der Waals surface area contributed by atoms with E-state index < -0.39 is 6.10 Å². The van der Waals surface area contributed by atoms with Gasteiger partial charge in [-0.05, 0) is 24.3 Å².